The number of para-hydroxylation sites is 1. The van der Waals surface area contributed by atoms with E-state index in [-0.39, 0.29) is 6.61 Å². The number of esters is 2. The zero-order valence-corrected chi connectivity index (χ0v) is 25.7. The Hall–Kier alpha value is -5.28. The highest BCUT2D eigenvalue weighted by molar-refractivity contribution is 7.22. The lowest BCUT2D eigenvalue weighted by Gasteiger charge is -2.11. The molecule has 45 heavy (non-hydrogen) atoms. The number of rotatable bonds is 14. The monoisotopic (exact) mass is 619 g/mol. The topological polar surface area (TPSA) is 99.1 Å². The Bertz CT molecular complexity index is 1760. The molecular weight excluding hydrogens is 586 g/mol. The molecule has 1 aromatic heterocycles. The van der Waals surface area contributed by atoms with E-state index >= 15 is 0 Å². The normalized spacial score (nSPS) is 11.0. The Balaban J connectivity index is 1.29. The van der Waals surface area contributed by atoms with Crippen LogP contribution in [0.1, 0.15) is 41.3 Å². The fourth-order valence-electron chi connectivity index (χ4n) is 4.48. The first-order chi connectivity index (χ1) is 22.0. The van der Waals surface area contributed by atoms with Gasteiger partial charge in [-0.15, -0.1) is 0 Å². The van der Waals surface area contributed by atoms with Gasteiger partial charge in [0, 0.05) is 18.1 Å². The van der Waals surface area contributed by atoms with Crippen molar-refractivity contribution in [3.05, 3.63) is 120 Å². The highest BCUT2D eigenvalue weighted by Crippen LogP contribution is 2.28. The van der Waals surface area contributed by atoms with Crippen LogP contribution < -0.4 is 14.9 Å². The Morgan fingerprint density at radius 2 is 1.73 bits per heavy atom. The molecule has 0 spiro atoms. The molecule has 9 heteroatoms. The van der Waals surface area contributed by atoms with E-state index in [9.17, 15) is 9.59 Å². The van der Waals surface area contributed by atoms with Gasteiger partial charge >= 0.3 is 11.9 Å². The van der Waals surface area contributed by atoms with Crippen LogP contribution in [0.25, 0.3) is 21.3 Å². The van der Waals surface area contributed by atoms with Gasteiger partial charge in [0.2, 0.25) is 5.13 Å². The summed E-state index contributed by atoms with van der Waals surface area (Å²) in [6, 6.07) is 28.7. The van der Waals surface area contributed by atoms with Crippen LogP contribution in [0.2, 0.25) is 0 Å². The van der Waals surface area contributed by atoms with E-state index < -0.39 is 11.9 Å². The van der Waals surface area contributed by atoms with E-state index in [0.29, 0.717) is 40.8 Å². The maximum atomic E-state index is 13.1. The maximum absolute atomic E-state index is 13.1. The first-order valence-electron chi connectivity index (χ1n) is 14.6. The summed E-state index contributed by atoms with van der Waals surface area (Å²) in [6.07, 6.45) is 5.40. The fraction of sp³-hybridized carbons (Fsp3) is 0.167. The number of aryl methyl sites for hydroxylation is 1. The number of fused-ring (bicyclic) bond motifs is 1. The quantitative estimate of drug-likeness (QED) is 0.0335. The van der Waals surface area contributed by atoms with E-state index in [4.69, 9.17) is 14.2 Å². The maximum Gasteiger partial charge on any atom is 0.343 e. The van der Waals surface area contributed by atoms with Crippen molar-refractivity contribution in [1.29, 1.82) is 0 Å². The molecule has 0 saturated heterocycles. The summed E-state index contributed by atoms with van der Waals surface area (Å²) in [5.74, 6) is -0.0175. The summed E-state index contributed by atoms with van der Waals surface area (Å²) >= 11 is 1.51. The SMILES string of the molecule is C=CC(=O)OCCCOc1ccc(C(=O)Oc2ccc(-c3ccc(CCC)cc3)cc2/C=N/Nc2nc3ccccc3s2)cc1. The van der Waals surface area contributed by atoms with Crippen molar-refractivity contribution in [2.45, 2.75) is 26.2 Å². The van der Waals surface area contributed by atoms with Gasteiger partial charge in [0.05, 0.1) is 35.2 Å². The fourth-order valence-corrected chi connectivity index (χ4v) is 5.29. The standard InChI is InChI=1S/C36H33N3O5S/c1-3-8-25-11-13-26(14-12-25)28-17-20-32(29(23-28)24-37-39-36-38-31-9-5-6-10-33(31)45-36)44-35(41)27-15-18-30(19-16-27)42-21-7-22-43-34(40)4-2/h4-6,9-20,23-24H,2-3,7-8,21-22H2,1H3,(H,38,39)/b37-24+. The molecular formula is C36H33N3O5S. The molecule has 0 amide bonds. The van der Waals surface area contributed by atoms with Crippen molar-refractivity contribution in [1.82, 2.24) is 4.98 Å². The summed E-state index contributed by atoms with van der Waals surface area (Å²) in [7, 11) is 0. The molecule has 5 rings (SSSR count). The number of carbonyl (C=O) groups is 2. The number of benzene rings is 4. The summed E-state index contributed by atoms with van der Waals surface area (Å²) in [5.41, 5.74) is 8.22. The Labute approximate surface area is 266 Å². The number of hydrogen-bond donors (Lipinski definition) is 1. The predicted molar refractivity (Wildman–Crippen MR) is 179 cm³/mol. The minimum Gasteiger partial charge on any atom is -0.493 e. The zero-order chi connectivity index (χ0) is 31.4. The largest absolute Gasteiger partial charge is 0.493 e. The van der Waals surface area contributed by atoms with Crippen LogP contribution in [-0.4, -0.2) is 36.4 Å². The van der Waals surface area contributed by atoms with Gasteiger partial charge in [0.15, 0.2) is 0 Å². The minimum absolute atomic E-state index is 0.236. The Morgan fingerprint density at radius 3 is 2.49 bits per heavy atom. The summed E-state index contributed by atoms with van der Waals surface area (Å²) in [5, 5.41) is 5.08. The Morgan fingerprint density at radius 1 is 0.956 bits per heavy atom. The van der Waals surface area contributed by atoms with E-state index in [0.717, 1.165) is 40.3 Å². The molecule has 228 valence electrons. The summed E-state index contributed by atoms with van der Waals surface area (Å²) in [6.45, 7) is 6.12. The van der Waals surface area contributed by atoms with Crippen molar-refractivity contribution in [2.24, 2.45) is 5.10 Å². The van der Waals surface area contributed by atoms with Crippen LogP contribution in [-0.2, 0) is 16.0 Å². The van der Waals surface area contributed by atoms with Gasteiger partial charge in [-0.1, -0.05) is 73.7 Å². The van der Waals surface area contributed by atoms with E-state index in [1.165, 1.54) is 16.9 Å². The van der Waals surface area contributed by atoms with E-state index in [1.807, 2.05) is 36.4 Å². The third-order valence-electron chi connectivity index (χ3n) is 6.75. The van der Waals surface area contributed by atoms with Gasteiger partial charge in [0.25, 0.3) is 0 Å². The van der Waals surface area contributed by atoms with Crippen LogP contribution in [0.15, 0.2) is 109 Å². The van der Waals surface area contributed by atoms with Gasteiger partial charge in [-0.2, -0.15) is 5.10 Å². The number of carbonyl (C=O) groups excluding carboxylic acids is 2. The number of aromatic nitrogens is 1. The molecule has 5 aromatic rings. The number of hydrogen-bond acceptors (Lipinski definition) is 9. The molecule has 0 aliphatic rings. The number of hydrazone groups is 1. The smallest absolute Gasteiger partial charge is 0.343 e. The molecule has 1 N–H and O–H groups in total. The lowest BCUT2D eigenvalue weighted by Crippen LogP contribution is -2.10. The van der Waals surface area contributed by atoms with Crippen molar-refractivity contribution >= 4 is 44.8 Å². The molecule has 8 nitrogen and oxygen atoms in total. The van der Waals surface area contributed by atoms with Crippen LogP contribution in [0.3, 0.4) is 0 Å². The zero-order valence-electron chi connectivity index (χ0n) is 24.9. The lowest BCUT2D eigenvalue weighted by molar-refractivity contribution is -0.137. The second kappa shape index (κ2) is 15.4. The molecule has 0 unspecified atom stereocenters. The van der Waals surface area contributed by atoms with Gasteiger partial charge < -0.3 is 14.2 Å². The van der Waals surface area contributed by atoms with Crippen molar-refractivity contribution < 1.29 is 23.8 Å². The molecule has 0 saturated carbocycles. The predicted octanol–water partition coefficient (Wildman–Crippen LogP) is 8.08. The number of thiazole rings is 1. The second-order valence-corrected chi connectivity index (χ2v) is 11.1. The first-order valence-corrected chi connectivity index (χ1v) is 15.5. The summed E-state index contributed by atoms with van der Waals surface area (Å²) < 4.78 is 17.5. The van der Waals surface area contributed by atoms with Crippen LogP contribution in [0, 0.1) is 0 Å². The number of nitrogens with zero attached hydrogens (tertiary/aromatic N) is 2. The third kappa shape index (κ3) is 8.64. The number of ether oxygens (including phenoxy) is 3. The summed E-state index contributed by atoms with van der Waals surface area (Å²) in [4.78, 5) is 28.8. The molecule has 0 fully saturated rings. The van der Waals surface area contributed by atoms with Gasteiger partial charge in [-0.25, -0.2) is 14.6 Å². The molecule has 0 aliphatic carbocycles. The van der Waals surface area contributed by atoms with Gasteiger partial charge in [-0.05, 0) is 71.6 Å². The molecule has 0 atom stereocenters. The van der Waals surface area contributed by atoms with Crippen LogP contribution in [0.4, 0.5) is 5.13 Å². The lowest BCUT2D eigenvalue weighted by atomic mass is 10.0. The van der Waals surface area contributed by atoms with Crippen molar-refractivity contribution in [2.75, 3.05) is 18.6 Å². The molecule has 0 radical (unpaired) electrons. The third-order valence-corrected chi connectivity index (χ3v) is 7.70. The molecule has 0 bridgehead atoms. The van der Waals surface area contributed by atoms with E-state index in [2.05, 4.69) is 53.3 Å². The average Bonchev–Trinajstić information content (AvgIpc) is 3.49. The second-order valence-electron chi connectivity index (χ2n) is 10.0. The molecule has 0 aliphatic heterocycles. The van der Waals surface area contributed by atoms with Crippen molar-refractivity contribution in [3.8, 4) is 22.6 Å². The Kier molecular flexibility index (Phi) is 10.7. The van der Waals surface area contributed by atoms with Crippen LogP contribution in [0.5, 0.6) is 11.5 Å². The van der Waals surface area contributed by atoms with Crippen LogP contribution >= 0.6 is 11.3 Å². The van der Waals surface area contributed by atoms with Gasteiger partial charge in [0.1, 0.15) is 11.5 Å². The average molecular weight is 620 g/mol. The first kappa shape index (κ1) is 31.2. The molecule has 1 heterocycles. The number of nitrogens with one attached hydrogen (secondary N) is 1. The number of anilines is 1. The van der Waals surface area contributed by atoms with Crippen molar-refractivity contribution in [3.63, 3.8) is 0 Å². The highest BCUT2D eigenvalue weighted by atomic mass is 32.1. The molecule has 4 aromatic carbocycles. The van der Waals surface area contributed by atoms with E-state index in [1.54, 1.807) is 36.5 Å². The van der Waals surface area contributed by atoms with Gasteiger partial charge in [-0.3, -0.25) is 5.43 Å². The minimum atomic E-state index is -0.511. The highest BCUT2D eigenvalue weighted by Gasteiger charge is 2.13.